The maximum atomic E-state index is 13.6. The first-order valence-electron chi connectivity index (χ1n) is 7.67. The SMILES string of the molecule is O=c1[nH]c(-c2ccc(-c3ccc(Cl)c(F)c3)cc2)nc2ccccc12. The minimum atomic E-state index is -0.455. The van der Waals surface area contributed by atoms with E-state index < -0.39 is 5.82 Å². The van der Waals surface area contributed by atoms with E-state index in [-0.39, 0.29) is 10.6 Å². The molecule has 0 aliphatic rings. The smallest absolute Gasteiger partial charge is 0.259 e. The van der Waals surface area contributed by atoms with Crippen molar-refractivity contribution < 1.29 is 4.39 Å². The van der Waals surface area contributed by atoms with Crippen molar-refractivity contribution in [3.05, 3.63) is 87.9 Å². The third-order valence-corrected chi connectivity index (χ3v) is 4.33. The lowest BCUT2D eigenvalue weighted by molar-refractivity contribution is 0.629. The Morgan fingerprint density at radius 2 is 1.56 bits per heavy atom. The first kappa shape index (κ1) is 15.5. The number of aromatic amines is 1. The third-order valence-electron chi connectivity index (χ3n) is 4.02. The van der Waals surface area contributed by atoms with Crippen LogP contribution in [0.3, 0.4) is 0 Å². The molecule has 0 bridgehead atoms. The molecule has 4 rings (SSSR count). The second kappa shape index (κ2) is 6.15. The van der Waals surface area contributed by atoms with Gasteiger partial charge in [0.05, 0.1) is 15.9 Å². The lowest BCUT2D eigenvalue weighted by Crippen LogP contribution is -2.09. The van der Waals surface area contributed by atoms with Crippen LogP contribution >= 0.6 is 11.6 Å². The Bertz CT molecular complexity index is 1140. The van der Waals surface area contributed by atoms with Crippen LogP contribution in [0.5, 0.6) is 0 Å². The zero-order valence-electron chi connectivity index (χ0n) is 13.0. The van der Waals surface area contributed by atoms with Crippen molar-refractivity contribution in [3.8, 4) is 22.5 Å². The van der Waals surface area contributed by atoms with Gasteiger partial charge in [0.15, 0.2) is 0 Å². The van der Waals surface area contributed by atoms with Crippen LogP contribution in [0.2, 0.25) is 5.02 Å². The number of benzene rings is 3. The molecule has 0 radical (unpaired) electrons. The average molecular weight is 351 g/mol. The predicted octanol–water partition coefficient (Wildman–Crippen LogP) is 5.05. The molecule has 4 aromatic rings. The van der Waals surface area contributed by atoms with E-state index in [4.69, 9.17) is 11.6 Å². The molecule has 1 N–H and O–H groups in total. The first-order chi connectivity index (χ1) is 12.1. The molecule has 0 saturated heterocycles. The summed E-state index contributed by atoms with van der Waals surface area (Å²) in [5, 5.41) is 0.651. The van der Waals surface area contributed by atoms with Crippen LogP contribution in [-0.4, -0.2) is 9.97 Å². The van der Waals surface area contributed by atoms with Crippen LogP contribution in [-0.2, 0) is 0 Å². The summed E-state index contributed by atoms with van der Waals surface area (Å²) in [7, 11) is 0. The molecule has 0 saturated carbocycles. The van der Waals surface area contributed by atoms with Crippen LogP contribution in [0.4, 0.5) is 4.39 Å². The highest BCUT2D eigenvalue weighted by atomic mass is 35.5. The monoisotopic (exact) mass is 350 g/mol. The van der Waals surface area contributed by atoms with Crippen molar-refractivity contribution in [3.63, 3.8) is 0 Å². The summed E-state index contributed by atoms with van der Waals surface area (Å²) in [5.41, 5.74) is 2.83. The Labute approximate surface area is 147 Å². The molecule has 0 amide bonds. The van der Waals surface area contributed by atoms with Crippen molar-refractivity contribution in [2.45, 2.75) is 0 Å². The van der Waals surface area contributed by atoms with Crippen molar-refractivity contribution >= 4 is 22.5 Å². The molecule has 1 aromatic heterocycles. The second-order valence-corrected chi connectivity index (χ2v) is 6.05. The molecule has 0 atom stereocenters. The third kappa shape index (κ3) is 2.92. The van der Waals surface area contributed by atoms with E-state index in [9.17, 15) is 9.18 Å². The van der Waals surface area contributed by atoms with E-state index in [0.29, 0.717) is 16.7 Å². The quantitative estimate of drug-likeness (QED) is 0.550. The fourth-order valence-corrected chi connectivity index (χ4v) is 2.84. The predicted molar refractivity (Wildman–Crippen MR) is 98.2 cm³/mol. The van der Waals surface area contributed by atoms with Gasteiger partial charge in [-0.25, -0.2) is 9.37 Å². The summed E-state index contributed by atoms with van der Waals surface area (Å²) in [4.78, 5) is 19.5. The number of hydrogen-bond donors (Lipinski definition) is 1. The number of fused-ring (bicyclic) bond motifs is 1. The van der Waals surface area contributed by atoms with Gasteiger partial charge in [0.1, 0.15) is 11.6 Å². The molecule has 0 spiro atoms. The second-order valence-electron chi connectivity index (χ2n) is 5.64. The van der Waals surface area contributed by atoms with Crippen LogP contribution in [0, 0.1) is 5.82 Å². The highest BCUT2D eigenvalue weighted by Crippen LogP contribution is 2.26. The molecule has 5 heteroatoms. The molecule has 3 nitrogen and oxygen atoms in total. The molecule has 0 fully saturated rings. The highest BCUT2D eigenvalue weighted by molar-refractivity contribution is 6.30. The Hall–Kier alpha value is -2.98. The normalized spacial score (nSPS) is 11.0. The lowest BCUT2D eigenvalue weighted by Gasteiger charge is -2.06. The van der Waals surface area contributed by atoms with Gasteiger partial charge in [-0.15, -0.1) is 0 Å². The zero-order valence-corrected chi connectivity index (χ0v) is 13.7. The fraction of sp³-hybridized carbons (Fsp3) is 0. The summed E-state index contributed by atoms with van der Waals surface area (Å²) in [6.07, 6.45) is 0. The molecule has 0 aliphatic heterocycles. The molecular formula is C20H12ClFN2O. The number of nitrogens with zero attached hydrogens (tertiary/aromatic N) is 1. The van der Waals surface area contributed by atoms with Crippen LogP contribution < -0.4 is 5.56 Å². The summed E-state index contributed by atoms with van der Waals surface area (Å²) in [5.74, 6) is 0.0429. The van der Waals surface area contributed by atoms with Crippen LogP contribution in [0.15, 0.2) is 71.5 Å². The van der Waals surface area contributed by atoms with E-state index in [0.717, 1.165) is 16.7 Å². The van der Waals surface area contributed by atoms with Gasteiger partial charge < -0.3 is 4.98 Å². The maximum absolute atomic E-state index is 13.6. The van der Waals surface area contributed by atoms with Crippen LogP contribution in [0.1, 0.15) is 0 Å². The van der Waals surface area contributed by atoms with Crippen molar-refractivity contribution in [2.24, 2.45) is 0 Å². The minimum Gasteiger partial charge on any atom is -0.306 e. The van der Waals surface area contributed by atoms with Gasteiger partial charge in [0, 0.05) is 5.56 Å². The summed E-state index contributed by atoms with van der Waals surface area (Å²) < 4.78 is 13.6. The molecule has 0 unspecified atom stereocenters. The van der Waals surface area contributed by atoms with E-state index in [1.54, 1.807) is 24.3 Å². The number of nitrogens with one attached hydrogen (secondary N) is 1. The number of para-hydroxylation sites is 1. The molecule has 122 valence electrons. The largest absolute Gasteiger partial charge is 0.306 e. The van der Waals surface area contributed by atoms with E-state index in [2.05, 4.69) is 9.97 Å². The van der Waals surface area contributed by atoms with Gasteiger partial charge in [0.2, 0.25) is 0 Å². The fourth-order valence-electron chi connectivity index (χ4n) is 2.72. The Morgan fingerprint density at radius 3 is 2.32 bits per heavy atom. The number of H-pyrrole nitrogens is 1. The topological polar surface area (TPSA) is 45.8 Å². The van der Waals surface area contributed by atoms with Crippen LogP contribution in [0.25, 0.3) is 33.4 Å². The number of rotatable bonds is 2. The first-order valence-corrected chi connectivity index (χ1v) is 8.04. The zero-order chi connectivity index (χ0) is 17.4. The van der Waals surface area contributed by atoms with Gasteiger partial charge in [-0.3, -0.25) is 4.79 Å². The molecule has 0 aliphatic carbocycles. The van der Waals surface area contributed by atoms with Crippen molar-refractivity contribution in [1.29, 1.82) is 0 Å². The standard InChI is InChI=1S/C20H12ClFN2O/c21-16-10-9-14(11-17(16)22)12-5-7-13(8-6-12)19-23-18-4-2-1-3-15(18)20(25)24-19/h1-11H,(H,23,24,25). The summed E-state index contributed by atoms with van der Waals surface area (Å²) >= 11 is 5.72. The van der Waals surface area contributed by atoms with Gasteiger partial charge in [0.25, 0.3) is 5.56 Å². The molecular weight excluding hydrogens is 339 g/mol. The van der Waals surface area contributed by atoms with Gasteiger partial charge >= 0.3 is 0 Å². The van der Waals surface area contributed by atoms with E-state index in [1.807, 2.05) is 30.3 Å². The maximum Gasteiger partial charge on any atom is 0.259 e. The Balaban J connectivity index is 1.75. The lowest BCUT2D eigenvalue weighted by atomic mass is 10.0. The van der Waals surface area contributed by atoms with Gasteiger partial charge in [-0.1, -0.05) is 54.1 Å². The average Bonchev–Trinajstić information content (AvgIpc) is 2.64. The Morgan fingerprint density at radius 1 is 0.880 bits per heavy atom. The molecule has 1 heterocycles. The van der Waals surface area contributed by atoms with Gasteiger partial charge in [-0.2, -0.15) is 0 Å². The van der Waals surface area contributed by atoms with E-state index in [1.165, 1.54) is 12.1 Å². The van der Waals surface area contributed by atoms with Crippen molar-refractivity contribution in [2.75, 3.05) is 0 Å². The Kier molecular flexibility index (Phi) is 3.82. The highest BCUT2D eigenvalue weighted by Gasteiger charge is 2.07. The number of hydrogen-bond acceptors (Lipinski definition) is 2. The number of halogens is 2. The minimum absolute atomic E-state index is 0.0957. The van der Waals surface area contributed by atoms with Gasteiger partial charge in [-0.05, 0) is 35.4 Å². The van der Waals surface area contributed by atoms with E-state index >= 15 is 0 Å². The summed E-state index contributed by atoms with van der Waals surface area (Å²) in [6, 6.07) is 19.3. The number of aromatic nitrogens is 2. The summed E-state index contributed by atoms with van der Waals surface area (Å²) in [6.45, 7) is 0. The molecule has 25 heavy (non-hydrogen) atoms. The molecule has 3 aromatic carbocycles. The van der Waals surface area contributed by atoms with Crippen molar-refractivity contribution in [1.82, 2.24) is 9.97 Å².